The largest absolute Gasteiger partial charge is 0.497 e. The molecule has 0 aliphatic carbocycles. The van der Waals surface area contributed by atoms with Gasteiger partial charge in [0, 0.05) is 37.3 Å². The lowest BCUT2D eigenvalue weighted by Crippen LogP contribution is -2.56. The summed E-state index contributed by atoms with van der Waals surface area (Å²) in [5.74, 6) is 0.708. The molecule has 0 bridgehead atoms. The fourth-order valence-corrected chi connectivity index (χ4v) is 4.70. The summed E-state index contributed by atoms with van der Waals surface area (Å²) >= 11 is 0. The molecule has 2 aliphatic heterocycles. The number of morpholine rings is 1. The molecule has 1 atom stereocenters. The lowest BCUT2D eigenvalue weighted by Gasteiger charge is -2.38. The predicted molar refractivity (Wildman–Crippen MR) is 133 cm³/mol. The van der Waals surface area contributed by atoms with Crippen molar-refractivity contribution in [3.63, 3.8) is 0 Å². The highest BCUT2D eigenvalue weighted by Crippen LogP contribution is 2.25. The topological polar surface area (TPSA) is 97.4 Å². The van der Waals surface area contributed by atoms with Crippen LogP contribution in [0.5, 0.6) is 11.5 Å². The van der Waals surface area contributed by atoms with Crippen LogP contribution in [0.1, 0.15) is 33.6 Å². The molecule has 0 saturated carbocycles. The summed E-state index contributed by atoms with van der Waals surface area (Å²) in [5.41, 5.74) is 1.03. The lowest BCUT2D eigenvalue weighted by atomic mass is 9.87. The molecule has 192 valence electrons. The third-order valence-electron chi connectivity index (χ3n) is 6.84. The quantitative estimate of drug-likeness (QED) is 0.633. The van der Waals surface area contributed by atoms with Gasteiger partial charge in [-0.25, -0.2) is 0 Å². The van der Waals surface area contributed by atoms with Crippen molar-refractivity contribution < 1.29 is 28.6 Å². The van der Waals surface area contributed by atoms with Crippen LogP contribution < -0.4 is 14.8 Å². The van der Waals surface area contributed by atoms with Gasteiger partial charge in [-0.2, -0.15) is 0 Å². The number of carbonyl (C=O) groups is 3. The zero-order valence-corrected chi connectivity index (χ0v) is 20.8. The van der Waals surface area contributed by atoms with Gasteiger partial charge in [0.15, 0.2) is 0 Å². The normalized spacial score (nSPS) is 17.3. The number of hydrogen-bond donors (Lipinski definition) is 1. The van der Waals surface area contributed by atoms with Crippen molar-refractivity contribution in [2.75, 3.05) is 53.6 Å². The molecular formula is C27H33N3O6. The summed E-state index contributed by atoms with van der Waals surface area (Å²) in [6, 6.07) is 13.2. The number of amides is 3. The van der Waals surface area contributed by atoms with E-state index in [9.17, 15) is 14.4 Å². The monoisotopic (exact) mass is 495 g/mol. The number of likely N-dealkylation sites (tertiary alicyclic amines) is 1. The Labute approximate surface area is 211 Å². The summed E-state index contributed by atoms with van der Waals surface area (Å²) in [5, 5.41) is 3.00. The zero-order valence-electron chi connectivity index (χ0n) is 20.8. The first kappa shape index (κ1) is 25.5. The van der Waals surface area contributed by atoms with Crippen LogP contribution in [0.15, 0.2) is 48.5 Å². The van der Waals surface area contributed by atoms with Gasteiger partial charge in [0.25, 0.3) is 11.8 Å². The summed E-state index contributed by atoms with van der Waals surface area (Å²) in [7, 11) is 3.13. The Morgan fingerprint density at radius 2 is 1.53 bits per heavy atom. The number of nitrogens with one attached hydrogen (secondary N) is 1. The molecule has 2 aromatic carbocycles. The molecule has 9 heteroatoms. The van der Waals surface area contributed by atoms with Gasteiger partial charge in [-0.1, -0.05) is 6.07 Å². The number of benzene rings is 2. The average Bonchev–Trinajstić information content (AvgIpc) is 2.95. The maximum absolute atomic E-state index is 13.5. The highest BCUT2D eigenvalue weighted by atomic mass is 16.5. The predicted octanol–water partition coefficient (Wildman–Crippen LogP) is 2.21. The molecule has 0 spiro atoms. The number of nitrogens with zero attached hydrogens (tertiary/aromatic N) is 2. The minimum absolute atomic E-state index is 0.0485. The van der Waals surface area contributed by atoms with Crippen molar-refractivity contribution in [1.82, 2.24) is 15.1 Å². The van der Waals surface area contributed by atoms with Crippen molar-refractivity contribution >= 4 is 17.7 Å². The van der Waals surface area contributed by atoms with Gasteiger partial charge >= 0.3 is 0 Å². The van der Waals surface area contributed by atoms with E-state index >= 15 is 0 Å². The lowest BCUT2D eigenvalue weighted by molar-refractivity contribution is -0.139. The van der Waals surface area contributed by atoms with Crippen molar-refractivity contribution in [1.29, 1.82) is 0 Å². The fourth-order valence-electron chi connectivity index (χ4n) is 4.70. The van der Waals surface area contributed by atoms with Gasteiger partial charge < -0.3 is 29.3 Å². The number of hydrogen-bond acceptors (Lipinski definition) is 6. The minimum Gasteiger partial charge on any atom is -0.497 e. The first-order valence-corrected chi connectivity index (χ1v) is 12.2. The van der Waals surface area contributed by atoms with E-state index in [1.807, 2.05) is 0 Å². The van der Waals surface area contributed by atoms with Crippen molar-refractivity contribution in [2.24, 2.45) is 5.92 Å². The second kappa shape index (κ2) is 11.9. The van der Waals surface area contributed by atoms with Crippen molar-refractivity contribution in [2.45, 2.75) is 18.9 Å². The van der Waals surface area contributed by atoms with Crippen LogP contribution in [-0.2, 0) is 9.53 Å². The molecule has 2 fully saturated rings. The number of rotatable bonds is 7. The highest BCUT2D eigenvalue weighted by molar-refractivity contribution is 5.98. The molecule has 3 amide bonds. The maximum atomic E-state index is 13.5. The van der Waals surface area contributed by atoms with Gasteiger partial charge in [0.1, 0.15) is 17.5 Å². The van der Waals surface area contributed by atoms with E-state index in [0.29, 0.717) is 74.9 Å². The molecule has 1 N–H and O–H groups in total. The van der Waals surface area contributed by atoms with E-state index < -0.39 is 6.04 Å². The standard InChI is InChI=1S/C27H33N3O6/c1-34-22-8-6-20(7-9-22)26(32)29-12-10-19(11-13-29)24(27(33)30-14-16-36-17-15-30)28-25(31)21-4-3-5-23(18-21)35-2/h3-9,18-19,24H,10-17H2,1-2H3,(H,28,31)/t24-/m0/s1. The smallest absolute Gasteiger partial charge is 0.253 e. The van der Waals surface area contributed by atoms with E-state index in [4.69, 9.17) is 14.2 Å². The highest BCUT2D eigenvalue weighted by Gasteiger charge is 2.36. The Morgan fingerprint density at radius 3 is 2.17 bits per heavy atom. The van der Waals surface area contributed by atoms with Crippen LogP contribution in [0.3, 0.4) is 0 Å². The number of methoxy groups -OCH3 is 2. The summed E-state index contributed by atoms with van der Waals surface area (Å²) in [6.07, 6.45) is 1.22. The Hall–Kier alpha value is -3.59. The minimum atomic E-state index is -0.681. The molecule has 2 aliphatic rings. The number of ether oxygens (including phenoxy) is 3. The Bertz CT molecular complexity index is 1060. The molecule has 0 unspecified atom stereocenters. The third-order valence-corrected chi connectivity index (χ3v) is 6.84. The number of carbonyl (C=O) groups excluding carboxylic acids is 3. The maximum Gasteiger partial charge on any atom is 0.253 e. The molecule has 0 radical (unpaired) electrons. The first-order chi connectivity index (χ1) is 17.5. The van der Waals surface area contributed by atoms with Crippen LogP contribution in [0.25, 0.3) is 0 Å². The second-order valence-corrected chi connectivity index (χ2v) is 8.98. The zero-order chi connectivity index (χ0) is 25.5. The molecule has 36 heavy (non-hydrogen) atoms. The van der Waals surface area contributed by atoms with Crippen LogP contribution in [-0.4, -0.2) is 87.2 Å². The van der Waals surface area contributed by atoms with Gasteiger partial charge in [0.2, 0.25) is 5.91 Å². The molecule has 0 aromatic heterocycles. The third kappa shape index (κ3) is 5.96. The molecule has 2 aromatic rings. The van der Waals surface area contributed by atoms with Crippen LogP contribution in [0.4, 0.5) is 0 Å². The SMILES string of the molecule is COc1ccc(C(=O)N2CCC([C@H](NC(=O)c3cccc(OC)c3)C(=O)N3CCOCC3)CC2)cc1. The van der Waals surface area contributed by atoms with Crippen molar-refractivity contribution in [3.8, 4) is 11.5 Å². The average molecular weight is 496 g/mol. The van der Waals surface area contributed by atoms with Crippen LogP contribution in [0, 0.1) is 5.92 Å². The summed E-state index contributed by atoms with van der Waals surface area (Å²) in [4.78, 5) is 43.2. The molecule has 9 nitrogen and oxygen atoms in total. The molecule has 2 heterocycles. The van der Waals surface area contributed by atoms with Gasteiger partial charge in [-0.3, -0.25) is 14.4 Å². The van der Waals surface area contributed by atoms with Crippen molar-refractivity contribution in [3.05, 3.63) is 59.7 Å². The number of piperidine rings is 1. The first-order valence-electron chi connectivity index (χ1n) is 12.2. The van der Waals surface area contributed by atoms with Gasteiger partial charge in [0.05, 0.1) is 27.4 Å². The molecule has 2 saturated heterocycles. The Morgan fingerprint density at radius 1 is 0.861 bits per heavy atom. The second-order valence-electron chi connectivity index (χ2n) is 8.98. The summed E-state index contributed by atoms with van der Waals surface area (Å²) in [6.45, 7) is 2.99. The van der Waals surface area contributed by atoms with E-state index in [1.54, 1.807) is 72.6 Å². The molecular weight excluding hydrogens is 462 g/mol. The van der Waals surface area contributed by atoms with Gasteiger partial charge in [-0.15, -0.1) is 0 Å². The van der Waals surface area contributed by atoms with E-state index in [-0.39, 0.29) is 23.6 Å². The van der Waals surface area contributed by atoms with E-state index in [2.05, 4.69) is 5.32 Å². The van der Waals surface area contributed by atoms with Crippen LogP contribution >= 0.6 is 0 Å². The Kier molecular flexibility index (Phi) is 8.43. The molecule has 4 rings (SSSR count). The van der Waals surface area contributed by atoms with E-state index in [1.165, 1.54) is 0 Å². The van der Waals surface area contributed by atoms with Gasteiger partial charge in [-0.05, 0) is 61.2 Å². The fraction of sp³-hybridized carbons (Fsp3) is 0.444. The van der Waals surface area contributed by atoms with E-state index in [0.717, 1.165) is 0 Å². The van der Waals surface area contributed by atoms with Crippen LogP contribution in [0.2, 0.25) is 0 Å². The Balaban J connectivity index is 1.46. The summed E-state index contributed by atoms with van der Waals surface area (Å²) < 4.78 is 15.8.